The number of amides is 1. The predicted octanol–water partition coefficient (Wildman–Crippen LogP) is 1.97. The van der Waals surface area contributed by atoms with Crippen LogP contribution >= 0.6 is 11.3 Å². The molecule has 1 amide bonds. The molecule has 0 saturated heterocycles. The number of rotatable bonds is 4. The van der Waals surface area contributed by atoms with E-state index < -0.39 is 24.0 Å². The van der Waals surface area contributed by atoms with Gasteiger partial charge in [-0.1, -0.05) is 12.8 Å². The normalized spacial score (nSPS) is 18.0. The maximum absolute atomic E-state index is 12.2. The molecule has 0 radical (unpaired) electrons. The molecule has 3 N–H and O–H groups in total. The highest BCUT2D eigenvalue weighted by Gasteiger charge is 2.26. The number of thiophene rings is 1. The van der Waals surface area contributed by atoms with E-state index in [0.29, 0.717) is 4.88 Å². The lowest BCUT2D eigenvalue weighted by Crippen LogP contribution is -2.47. The molecule has 0 spiro atoms. The second kappa shape index (κ2) is 7.04. The highest BCUT2D eigenvalue weighted by atomic mass is 32.1. The largest absolute Gasteiger partial charge is 0.480 e. The highest BCUT2D eigenvalue weighted by Crippen LogP contribution is 2.28. The topological polar surface area (TPSA) is 86.6 Å². The monoisotopic (exact) mass is 311 g/mol. The van der Waals surface area contributed by atoms with Gasteiger partial charge in [-0.3, -0.25) is 4.79 Å². The van der Waals surface area contributed by atoms with E-state index in [1.54, 1.807) is 0 Å². The number of carboxylic acids is 1. The van der Waals surface area contributed by atoms with Crippen LogP contribution in [0.5, 0.6) is 0 Å². The molecular formula is C15H21NO4S. The Bertz CT molecular complexity index is 498. The van der Waals surface area contributed by atoms with Gasteiger partial charge in [0.05, 0.1) is 11.0 Å². The van der Waals surface area contributed by atoms with E-state index >= 15 is 0 Å². The Balaban J connectivity index is 2.12. The minimum Gasteiger partial charge on any atom is -0.480 e. The zero-order valence-electron chi connectivity index (χ0n) is 12.1. The van der Waals surface area contributed by atoms with Crippen molar-refractivity contribution in [2.75, 3.05) is 0 Å². The molecule has 1 heterocycles. The number of nitrogens with one attached hydrogen (secondary N) is 1. The van der Waals surface area contributed by atoms with Gasteiger partial charge >= 0.3 is 5.97 Å². The van der Waals surface area contributed by atoms with Gasteiger partial charge in [0.2, 0.25) is 0 Å². The standard InChI is InChI=1S/C15H21NO4S/c1-9(17)13(15(19)20)16-14(18)12-8-10-6-4-2-3-5-7-11(10)21-12/h8-9,13,17H,2-7H2,1H3,(H,16,18)(H,19,20)/t9-,13+/m1/s1. The van der Waals surface area contributed by atoms with E-state index in [9.17, 15) is 14.7 Å². The summed E-state index contributed by atoms with van der Waals surface area (Å²) in [5.41, 5.74) is 1.22. The van der Waals surface area contributed by atoms with Crippen molar-refractivity contribution in [1.29, 1.82) is 0 Å². The van der Waals surface area contributed by atoms with Gasteiger partial charge in [-0.15, -0.1) is 11.3 Å². The van der Waals surface area contributed by atoms with Crippen LogP contribution < -0.4 is 5.32 Å². The molecule has 0 saturated carbocycles. The fourth-order valence-corrected chi connectivity index (χ4v) is 3.71. The average molecular weight is 311 g/mol. The minimum absolute atomic E-state index is 0.417. The van der Waals surface area contributed by atoms with Crippen molar-refractivity contribution in [2.24, 2.45) is 0 Å². The Morgan fingerprint density at radius 1 is 1.24 bits per heavy atom. The molecule has 0 fully saturated rings. The number of carboxylic acid groups (broad SMARTS) is 1. The smallest absolute Gasteiger partial charge is 0.328 e. The van der Waals surface area contributed by atoms with Crippen LogP contribution in [0, 0.1) is 0 Å². The molecule has 1 aliphatic carbocycles. The van der Waals surface area contributed by atoms with Crippen LogP contribution in [-0.2, 0) is 17.6 Å². The fourth-order valence-electron chi connectivity index (χ4n) is 2.56. The van der Waals surface area contributed by atoms with Crippen LogP contribution in [0.2, 0.25) is 0 Å². The zero-order chi connectivity index (χ0) is 15.4. The van der Waals surface area contributed by atoms with Crippen LogP contribution in [0.4, 0.5) is 0 Å². The number of aliphatic hydroxyl groups excluding tert-OH is 1. The second-order valence-electron chi connectivity index (χ2n) is 5.50. The fraction of sp³-hybridized carbons (Fsp3) is 0.600. The Hall–Kier alpha value is -1.40. The molecule has 1 aromatic rings. The van der Waals surface area contributed by atoms with Crippen LogP contribution in [0.3, 0.4) is 0 Å². The van der Waals surface area contributed by atoms with Crippen LogP contribution in [0.15, 0.2) is 6.07 Å². The summed E-state index contributed by atoms with van der Waals surface area (Å²) in [5, 5.41) is 20.8. The molecule has 2 atom stereocenters. The summed E-state index contributed by atoms with van der Waals surface area (Å²) in [4.78, 5) is 25.0. The van der Waals surface area contributed by atoms with Crippen molar-refractivity contribution in [3.8, 4) is 0 Å². The predicted molar refractivity (Wildman–Crippen MR) is 80.8 cm³/mol. The molecule has 1 aliphatic rings. The molecule has 0 aliphatic heterocycles. The third-order valence-corrected chi connectivity index (χ3v) is 4.99. The Kier molecular flexibility index (Phi) is 5.36. The van der Waals surface area contributed by atoms with Gasteiger partial charge < -0.3 is 15.5 Å². The van der Waals surface area contributed by atoms with E-state index in [0.717, 1.165) is 25.7 Å². The quantitative estimate of drug-likeness (QED) is 0.793. The van der Waals surface area contributed by atoms with Gasteiger partial charge in [-0.2, -0.15) is 0 Å². The van der Waals surface area contributed by atoms with E-state index in [1.807, 2.05) is 6.07 Å². The lowest BCUT2D eigenvalue weighted by molar-refractivity contribution is -0.141. The second-order valence-corrected chi connectivity index (χ2v) is 6.64. The Morgan fingerprint density at radius 2 is 1.90 bits per heavy atom. The van der Waals surface area contributed by atoms with E-state index in [4.69, 9.17) is 5.11 Å². The SMILES string of the molecule is C[C@@H](O)[C@H](NC(=O)c1cc2c(s1)CCCCCC2)C(=O)O. The maximum Gasteiger partial charge on any atom is 0.328 e. The lowest BCUT2D eigenvalue weighted by atomic mass is 10.00. The number of aryl methyl sites for hydroxylation is 2. The van der Waals surface area contributed by atoms with Crippen molar-refractivity contribution < 1.29 is 19.8 Å². The first kappa shape index (κ1) is 16.0. The van der Waals surface area contributed by atoms with Crippen molar-refractivity contribution >= 4 is 23.2 Å². The summed E-state index contributed by atoms with van der Waals surface area (Å²) in [6.45, 7) is 1.35. The molecule has 116 valence electrons. The van der Waals surface area contributed by atoms with Gasteiger partial charge in [0.1, 0.15) is 0 Å². The van der Waals surface area contributed by atoms with Crippen molar-refractivity contribution in [1.82, 2.24) is 5.32 Å². The summed E-state index contributed by atoms with van der Waals surface area (Å²) in [6, 6.07) is 0.601. The molecule has 21 heavy (non-hydrogen) atoms. The van der Waals surface area contributed by atoms with Crippen LogP contribution in [-0.4, -0.2) is 34.2 Å². The summed E-state index contributed by atoms with van der Waals surface area (Å²) in [6.07, 6.45) is 5.56. The summed E-state index contributed by atoms with van der Waals surface area (Å²) < 4.78 is 0. The molecular weight excluding hydrogens is 290 g/mol. The summed E-state index contributed by atoms with van der Waals surface area (Å²) in [5.74, 6) is -1.65. The first-order valence-electron chi connectivity index (χ1n) is 7.32. The van der Waals surface area contributed by atoms with Gasteiger partial charge in [0.15, 0.2) is 6.04 Å². The third-order valence-electron chi connectivity index (χ3n) is 3.76. The zero-order valence-corrected chi connectivity index (χ0v) is 12.9. The summed E-state index contributed by atoms with van der Waals surface area (Å²) >= 11 is 1.44. The number of carbonyl (C=O) groups is 2. The minimum atomic E-state index is -1.28. The lowest BCUT2D eigenvalue weighted by Gasteiger charge is -2.16. The van der Waals surface area contributed by atoms with E-state index in [-0.39, 0.29) is 0 Å². The summed E-state index contributed by atoms with van der Waals surface area (Å²) in [7, 11) is 0. The number of aliphatic hydroxyl groups is 1. The number of hydrogen-bond acceptors (Lipinski definition) is 4. The number of carbonyl (C=O) groups excluding carboxylic acids is 1. The number of fused-ring (bicyclic) bond motifs is 1. The Morgan fingerprint density at radius 3 is 2.52 bits per heavy atom. The molecule has 0 aromatic carbocycles. The molecule has 1 aromatic heterocycles. The number of aliphatic carboxylic acids is 1. The van der Waals surface area contributed by atoms with Crippen molar-refractivity contribution in [2.45, 2.75) is 57.6 Å². The van der Waals surface area contributed by atoms with Gasteiger partial charge in [0.25, 0.3) is 5.91 Å². The first-order chi connectivity index (χ1) is 9.99. The average Bonchev–Trinajstić information content (AvgIpc) is 2.77. The van der Waals surface area contributed by atoms with Crippen molar-refractivity contribution in [3.63, 3.8) is 0 Å². The first-order valence-corrected chi connectivity index (χ1v) is 8.14. The van der Waals surface area contributed by atoms with E-state index in [1.165, 1.54) is 41.5 Å². The van der Waals surface area contributed by atoms with Gasteiger partial charge in [0, 0.05) is 4.88 Å². The third kappa shape index (κ3) is 4.04. The van der Waals surface area contributed by atoms with Crippen LogP contribution in [0.1, 0.15) is 52.7 Å². The van der Waals surface area contributed by atoms with Crippen LogP contribution in [0.25, 0.3) is 0 Å². The molecule has 5 nitrogen and oxygen atoms in total. The molecule has 0 unspecified atom stereocenters. The van der Waals surface area contributed by atoms with Crippen molar-refractivity contribution in [3.05, 3.63) is 21.4 Å². The van der Waals surface area contributed by atoms with E-state index in [2.05, 4.69) is 5.32 Å². The van der Waals surface area contributed by atoms with Gasteiger partial charge in [-0.05, 0) is 44.2 Å². The number of hydrogen-bond donors (Lipinski definition) is 3. The highest BCUT2D eigenvalue weighted by molar-refractivity contribution is 7.14. The van der Waals surface area contributed by atoms with Gasteiger partial charge in [-0.25, -0.2) is 4.79 Å². The molecule has 2 rings (SSSR count). The molecule has 6 heteroatoms. The Labute approximate surface area is 128 Å². The maximum atomic E-state index is 12.2. The molecule has 0 bridgehead atoms.